The molecule has 0 radical (unpaired) electrons. The van der Waals surface area contributed by atoms with Gasteiger partial charge in [0.25, 0.3) is 0 Å². The van der Waals surface area contributed by atoms with Gasteiger partial charge in [-0.05, 0) is 0 Å². The summed E-state index contributed by atoms with van der Waals surface area (Å²) >= 11 is 0. The Labute approximate surface area is 38.1 Å². The van der Waals surface area contributed by atoms with Gasteiger partial charge in [0.15, 0.2) is 0 Å². The van der Waals surface area contributed by atoms with Crippen molar-refractivity contribution < 1.29 is 4.21 Å². The Morgan fingerprint density at radius 1 is 1.33 bits per heavy atom. The van der Waals surface area contributed by atoms with Crippen LogP contribution in [-0.2, 0) is 10.8 Å². The molecule has 0 saturated carbocycles. The van der Waals surface area contributed by atoms with Gasteiger partial charge in [0, 0.05) is 0 Å². The van der Waals surface area contributed by atoms with Gasteiger partial charge in [-0.2, -0.15) is 0 Å². The van der Waals surface area contributed by atoms with Crippen molar-refractivity contribution in [1.82, 2.24) is 0 Å². The summed E-state index contributed by atoms with van der Waals surface area (Å²) in [6.07, 6.45) is 0. The molecular weight excluding hydrogens is 96.1 g/mol. The van der Waals surface area contributed by atoms with E-state index < -0.39 is 10.8 Å². The summed E-state index contributed by atoms with van der Waals surface area (Å²) in [5.41, 5.74) is 5.08. The lowest BCUT2D eigenvalue weighted by molar-refractivity contribution is 0.693. The van der Waals surface area contributed by atoms with Crippen LogP contribution in [0.3, 0.4) is 0 Å². The van der Waals surface area contributed by atoms with Gasteiger partial charge in [0.1, 0.15) is 0 Å². The zero-order valence-electron chi connectivity index (χ0n) is 2.97. The molecule has 1 heterocycles. The summed E-state index contributed by atoms with van der Waals surface area (Å²) in [4.78, 5) is 0. The Balaban J connectivity index is 3.19. The topological polar surface area (TPSA) is 17.1 Å². The molecule has 0 amide bonds. The summed E-state index contributed by atoms with van der Waals surface area (Å²) < 4.78 is 10.1. The predicted molar refractivity (Wildman–Crippen MR) is 24.3 cm³/mol. The molecule has 0 bridgehead atoms. The fourth-order valence-corrected chi connectivity index (χ4v) is 0.655. The van der Waals surface area contributed by atoms with Crippen LogP contribution in [0.4, 0.5) is 0 Å². The smallest absolute Gasteiger partial charge is 0.0872 e. The van der Waals surface area contributed by atoms with E-state index in [0.29, 0.717) is 0 Å². The Morgan fingerprint density at radius 3 is 2.00 bits per heavy atom. The monoisotopic (exact) mass is 98.0 g/mol. The highest BCUT2D eigenvalue weighted by Gasteiger charge is 1.82. The van der Waals surface area contributed by atoms with Crippen molar-refractivity contribution in [3.8, 4) is 0 Å². The van der Waals surface area contributed by atoms with Crippen LogP contribution in [0.5, 0.6) is 0 Å². The number of rotatable bonds is 0. The second kappa shape index (κ2) is 1.27. The fourth-order valence-electron chi connectivity index (χ4n) is 0.218. The molecule has 6 heavy (non-hydrogen) atoms. The summed E-state index contributed by atoms with van der Waals surface area (Å²) in [5, 5.41) is 2.92. The number of hydrogen-bond donors (Lipinski definition) is 0. The second-order valence-corrected chi connectivity index (χ2v) is 1.98. The Hall–Kier alpha value is -0.550. The van der Waals surface area contributed by atoms with Crippen molar-refractivity contribution in [3.05, 3.63) is 22.3 Å². The molecule has 0 spiro atoms. The van der Waals surface area contributed by atoms with E-state index in [0.717, 1.165) is 0 Å². The zero-order valence-corrected chi connectivity index (χ0v) is 3.79. The van der Waals surface area contributed by atoms with Crippen molar-refractivity contribution in [2.24, 2.45) is 0 Å². The average Bonchev–Trinajstić information content (AvgIpc) is 1.86. The fraction of sp³-hybridized carbons (Fsp3) is 0. The first-order valence-corrected chi connectivity index (χ1v) is 2.74. The van der Waals surface area contributed by atoms with Crippen LogP contribution in [0.15, 0.2) is 22.3 Å². The van der Waals surface area contributed by atoms with E-state index in [1.54, 1.807) is 0 Å². The minimum absolute atomic E-state index is 0.895. The van der Waals surface area contributed by atoms with Crippen molar-refractivity contribution in [2.45, 2.75) is 0 Å². The lowest BCUT2D eigenvalue weighted by Crippen LogP contribution is -1.64. The summed E-state index contributed by atoms with van der Waals surface area (Å²) in [6.45, 7) is 0. The first-order chi connectivity index (χ1) is 2.89. The van der Waals surface area contributed by atoms with Crippen molar-refractivity contribution in [3.63, 3.8) is 0 Å². The van der Waals surface area contributed by atoms with Gasteiger partial charge < -0.3 is 0 Å². The first kappa shape index (κ1) is 3.63. The molecule has 0 aromatic carbocycles. The number of hydrogen-bond acceptors (Lipinski definition) is 1. The van der Waals surface area contributed by atoms with E-state index in [9.17, 15) is 4.21 Å². The maximum absolute atomic E-state index is 10.1. The molecule has 0 atom stereocenters. The van der Waals surface area contributed by atoms with Crippen LogP contribution in [0, 0.1) is 0 Å². The molecule has 2 heteroatoms. The molecule has 1 aliphatic rings. The van der Waals surface area contributed by atoms with E-state index in [4.69, 9.17) is 0 Å². The van der Waals surface area contributed by atoms with Gasteiger partial charge in [-0.3, -0.25) is 0 Å². The average molecular weight is 98.1 g/mol. The van der Waals surface area contributed by atoms with Gasteiger partial charge in [0.2, 0.25) is 0 Å². The summed E-state index contributed by atoms with van der Waals surface area (Å²) in [6, 6.07) is 0. The maximum atomic E-state index is 10.1. The lowest BCUT2D eigenvalue weighted by atomic mass is 10.9. The molecule has 0 aliphatic carbocycles. The molecule has 1 aliphatic heterocycles. The highest BCUT2D eigenvalue weighted by atomic mass is 32.2. The maximum Gasteiger partial charge on any atom is 0.0872 e. The third-order valence-electron chi connectivity index (χ3n) is 0.433. The van der Waals surface area contributed by atoms with Crippen LogP contribution in [0.2, 0.25) is 0 Å². The first-order valence-electron chi connectivity index (χ1n) is 1.47. The molecule has 0 saturated heterocycles. The van der Waals surface area contributed by atoms with Crippen molar-refractivity contribution in [2.75, 3.05) is 0 Å². The van der Waals surface area contributed by atoms with E-state index in [-0.39, 0.29) is 0 Å². The van der Waals surface area contributed by atoms with Crippen LogP contribution in [-0.4, -0.2) is 4.21 Å². The molecule has 30 valence electrons. The Kier molecular flexibility index (Phi) is 0.771. The molecular formula is C4H2OS. The van der Waals surface area contributed by atoms with E-state index in [1.165, 1.54) is 10.8 Å². The van der Waals surface area contributed by atoms with Crippen molar-refractivity contribution >= 4 is 10.8 Å². The molecule has 0 unspecified atom stereocenters. The highest BCUT2D eigenvalue weighted by Crippen LogP contribution is 1.87. The lowest BCUT2D eigenvalue weighted by Gasteiger charge is -1.63. The molecule has 0 N–H and O–H groups in total. The predicted octanol–water partition coefficient (Wildman–Crippen LogP) is 0.530. The van der Waals surface area contributed by atoms with E-state index >= 15 is 0 Å². The van der Waals surface area contributed by atoms with E-state index in [2.05, 4.69) is 11.5 Å². The molecule has 0 aromatic rings. The third kappa shape index (κ3) is 0.498. The van der Waals surface area contributed by atoms with Gasteiger partial charge >= 0.3 is 0 Å². The standard InChI is InChI=1S/C4H2OS/c5-6-3-1-2-4-6/h3-4H. The minimum atomic E-state index is -0.895. The molecule has 0 fully saturated rings. The zero-order chi connectivity index (χ0) is 4.41. The quantitative estimate of drug-likeness (QED) is 0.404. The van der Waals surface area contributed by atoms with Gasteiger partial charge in [0.05, 0.1) is 21.6 Å². The molecule has 0 aromatic heterocycles. The van der Waals surface area contributed by atoms with Gasteiger partial charge in [-0.25, -0.2) is 4.21 Å². The highest BCUT2D eigenvalue weighted by molar-refractivity contribution is 7.91. The summed E-state index contributed by atoms with van der Waals surface area (Å²) in [5.74, 6) is 0. The Bertz CT molecular complexity index is 150. The van der Waals surface area contributed by atoms with Crippen LogP contribution < -0.4 is 0 Å². The molecule has 1 rings (SSSR count). The van der Waals surface area contributed by atoms with Gasteiger partial charge in [-0.15, -0.1) is 0 Å². The molecule has 1 nitrogen and oxygen atoms in total. The van der Waals surface area contributed by atoms with Crippen molar-refractivity contribution in [1.29, 1.82) is 0 Å². The van der Waals surface area contributed by atoms with Gasteiger partial charge in [-0.1, -0.05) is 11.5 Å². The summed E-state index contributed by atoms with van der Waals surface area (Å²) in [7, 11) is -0.895. The van der Waals surface area contributed by atoms with Crippen LogP contribution >= 0.6 is 0 Å². The van der Waals surface area contributed by atoms with E-state index in [1.807, 2.05) is 0 Å². The second-order valence-electron chi connectivity index (χ2n) is 0.853. The SMILES string of the molecule is O=S1C=C=C=C1. The van der Waals surface area contributed by atoms with Crippen LogP contribution in [0.1, 0.15) is 0 Å². The minimum Gasteiger partial charge on any atom is -0.249 e. The Morgan fingerprint density at radius 2 is 1.83 bits per heavy atom. The largest absolute Gasteiger partial charge is 0.249 e. The van der Waals surface area contributed by atoms with Crippen LogP contribution in [0.25, 0.3) is 0 Å². The normalized spacial score (nSPS) is 17.3. The third-order valence-corrected chi connectivity index (χ3v) is 1.13.